The lowest BCUT2D eigenvalue weighted by atomic mass is 9.87. The van der Waals surface area contributed by atoms with Gasteiger partial charge < -0.3 is 9.80 Å². The van der Waals surface area contributed by atoms with E-state index in [4.69, 9.17) is 0 Å². The third-order valence-corrected chi connectivity index (χ3v) is 13.4. The maximum Gasteiger partial charge on any atom is 0.0643 e. The Morgan fingerprint density at radius 2 is 0.877 bits per heavy atom. The second-order valence-electron chi connectivity index (χ2n) is 14.8. The Morgan fingerprint density at radius 1 is 0.439 bits per heavy atom. The van der Waals surface area contributed by atoms with E-state index in [1.807, 2.05) is 22.7 Å². The summed E-state index contributed by atoms with van der Waals surface area (Å²) < 4.78 is 2.65. The van der Waals surface area contributed by atoms with E-state index in [-0.39, 0.29) is 5.54 Å². The highest BCUT2D eigenvalue weighted by atomic mass is 32.1. The first-order valence-corrected chi connectivity index (χ1v) is 21.1. The Labute approximate surface area is 342 Å². The molecule has 0 N–H and O–H groups in total. The van der Waals surface area contributed by atoms with Gasteiger partial charge in [-0.25, -0.2) is 0 Å². The quantitative estimate of drug-likeness (QED) is 0.144. The lowest BCUT2D eigenvalue weighted by Crippen LogP contribution is -2.42. The van der Waals surface area contributed by atoms with Crippen molar-refractivity contribution in [2.45, 2.75) is 18.9 Å². The van der Waals surface area contributed by atoms with Crippen LogP contribution in [0.25, 0.3) is 47.3 Å². The number of benzene rings is 7. The standard InChI is InChI=1S/C53H40N2S2/c1-53(34-32-41(33-35-53)52-37-43-13-9-11-19-50(43)57-52)55(47-16-6-3-7-17-47)48-30-22-39(23-31-48)38-20-26-45(27-21-38)54(44-14-4-2-5-15-44)46-28-24-40(25-29-46)51-36-42-12-8-10-18-49(42)56-51/h2-34,36-37H,35H2,1H3. The van der Waals surface area contributed by atoms with Gasteiger partial charge >= 0.3 is 0 Å². The summed E-state index contributed by atoms with van der Waals surface area (Å²) >= 11 is 3.71. The first-order chi connectivity index (χ1) is 28.1. The van der Waals surface area contributed by atoms with Gasteiger partial charge in [-0.2, -0.15) is 0 Å². The molecule has 0 bridgehead atoms. The summed E-state index contributed by atoms with van der Waals surface area (Å²) in [7, 11) is 0. The molecule has 1 atom stereocenters. The Morgan fingerprint density at radius 3 is 1.42 bits per heavy atom. The third-order valence-electron chi connectivity index (χ3n) is 11.0. The summed E-state index contributed by atoms with van der Waals surface area (Å²) in [5.41, 5.74) is 10.4. The zero-order chi connectivity index (χ0) is 38.2. The lowest BCUT2D eigenvalue weighted by Gasteiger charge is -2.42. The third kappa shape index (κ3) is 6.88. The molecule has 9 aromatic rings. The van der Waals surface area contributed by atoms with Crippen molar-refractivity contribution in [1.29, 1.82) is 0 Å². The average Bonchev–Trinajstić information content (AvgIpc) is 3.91. The number of thiophene rings is 2. The molecular formula is C53H40N2S2. The molecule has 274 valence electrons. The molecule has 1 aliphatic carbocycles. The van der Waals surface area contributed by atoms with Gasteiger partial charge in [0.05, 0.1) is 5.54 Å². The molecule has 0 saturated carbocycles. The van der Waals surface area contributed by atoms with Gasteiger partial charge in [0.2, 0.25) is 0 Å². The molecule has 1 aliphatic rings. The van der Waals surface area contributed by atoms with Crippen LogP contribution >= 0.6 is 22.7 Å². The molecule has 0 spiro atoms. The molecule has 0 saturated heterocycles. The Bertz CT molecular complexity index is 2800. The number of anilines is 5. The highest BCUT2D eigenvalue weighted by Gasteiger charge is 2.32. The predicted octanol–water partition coefficient (Wildman–Crippen LogP) is 15.9. The molecule has 4 heteroatoms. The Hall–Kier alpha value is -6.46. The number of hydrogen-bond acceptors (Lipinski definition) is 4. The second-order valence-corrected chi connectivity index (χ2v) is 17.0. The predicted molar refractivity (Wildman–Crippen MR) is 248 cm³/mol. The van der Waals surface area contributed by atoms with E-state index in [9.17, 15) is 0 Å². The zero-order valence-corrected chi connectivity index (χ0v) is 33.3. The van der Waals surface area contributed by atoms with Crippen LogP contribution in [0.15, 0.2) is 212 Å². The van der Waals surface area contributed by atoms with E-state index in [1.165, 1.54) is 63.6 Å². The largest absolute Gasteiger partial charge is 0.332 e. The zero-order valence-electron chi connectivity index (χ0n) is 31.6. The molecule has 7 aromatic carbocycles. The maximum atomic E-state index is 2.48. The molecule has 57 heavy (non-hydrogen) atoms. The molecule has 0 aliphatic heterocycles. The van der Waals surface area contributed by atoms with Gasteiger partial charge in [0.25, 0.3) is 0 Å². The molecule has 10 rings (SSSR count). The van der Waals surface area contributed by atoms with Crippen molar-refractivity contribution < 1.29 is 0 Å². The van der Waals surface area contributed by atoms with E-state index in [2.05, 4.69) is 229 Å². The Balaban J connectivity index is 0.919. The van der Waals surface area contributed by atoms with E-state index >= 15 is 0 Å². The minimum atomic E-state index is -0.234. The van der Waals surface area contributed by atoms with Crippen LogP contribution in [0.5, 0.6) is 0 Å². The number of hydrogen-bond donors (Lipinski definition) is 0. The fourth-order valence-electron chi connectivity index (χ4n) is 8.04. The van der Waals surface area contributed by atoms with Crippen molar-refractivity contribution in [3.05, 3.63) is 217 Å². The van der Waals surface area contributed by atoms with Gasteiger partial charge in [-0.15, -0.1) is 22.7 Å². The van der Waals surface area contributed by atoms with Gasteiger partial charge in [-0.3, -0.25) is 0 Å². The number of nitrogens with zero attached hydrogens (tertiary/aromatic N) is 2. The molecule has 2 aromatic heterocycles. The maximum absolute atomic E-state index is 2.48. The fourth-order valence-corrected chi connectivity index (χ4v) is 10.2. The van der Waals surface area contributed by atoms with Crippen LogP contribution in [0.3, 0.4) is 0 Å². The van der Waals surface area contributed by atoms with Crippen LogP contribution in [-0.4, -0.2) is 5.54 Å². The lowest BCUT2D eigenvalue weighted by molar-refractivity contribution is 0.571. The van der Waals surface area contributed by atoms with Crippen molar-refractivity contribution in [3.8, 4) is 21.6 Å². The van der Waals surface area contributed by atoms with Gasteiger partial charge in [-0.05, 0) is 131 Å². The number of fused-ring (bicyclic) bond motifs is 2. The monoisotopic (exact) mass is 768 g/mol. The molecule has 0 fully saturated rings. The number of allylic oxidation sites excluding steroid dienone is 2. The van der Waals surface area contributed by atoms with Crippen LogP contribution in [0.4, 0.5) is 28.4 Å². The number of para-hydroxylation sites is 2. The van der Waals surface area contributed by atoms with Crippen LogP contribution in [0, 0.1) is 0 Å². The van der Waals surface area contributed by atoms with E-state index < -0.39 is 0 Å². The molecular weight excluding hydrogens is 729 g/mol. The molecule has 0 radical (unpaired) electrons. The van der Waals surface area contributed by atoms with Crippen molar-refractivity contribution in [2.24, 2.45) is 0 Å². The summed E-state index contributed by atoms with van der Waals surface area (Å²) in [4.78, 5) is 7.43. The minimum absolute atomic E-state index is 0.234. The summed E-state index contributed by atoms with van der Waals surface area (Å²) in [5, 5.41) is 2.60. The van der Waals surface area contributed by atoms with Gasteiger partial charge in [0.15, 0.2) is 0 Å². The van der Waals surface area contributed by atoms with Gasteiger partial charge in [0.1, 0.15) is 0 Å². The van der Waals surface area contributed by atoms with Crippen molar-refractivity contribution >= 4 is 76.9 Å². The van der Waals surface area contributed by atoms with E-state index in [0.717, 1.165) is 23.5 Å². The molecule has 2 heterocycles. The highest BCUT2D eigenvalue weighted by molar-refractivity contribution is 7.22. The van der Waals surface area contributed by atoms with Gasteiger partial charge in [-0.1, -0.05) is 127 Å². The molecule has 1 unspecified atom stereocenters. The minimum Gasteiger partial charge on any atom is -0.332 e. The van der Waals surface area contributed by atoms with Gasteiger partial charge in [0, 0.05) is 47.6 Å². The normalized spacial score (nSPS) is 15.1. The van der Waals surface area contributed by atoms with Crippen molar-refractivity contribution in [3.63, 3.8) is 0 Å². The fraction of sp³-hybridized carbons (Fsp3) is 0.0566. The van der Waals surface area contributed by atoms with Crippen LogP contribution in [0.1, 0.15) is 18.2 Å². The summed E-state index contributed by atoms with van der Waals surface area (Å²) in [6, 6.07) is 70.3. The highest BCUT2D eigenvalue weighted by Crippen LogP contribution is 2.43. The van der Waals surface area contributed by atoms with Crippen LogP contribution in [0.2, 0.25) is 0 Å². The smallest absolute Gasteiger partial charge is 0.0643 e. The topological polar surface area (TPSA) is 6.48 Å². The first-order valence-electron chi connectivity index (χ1n) is 19.5. The van der Waals surface area contributed by atoms with E-state index in [0.29, 0.717) is 0 Å². The SMILES string of the molecule is CC1(N(c2ccccc2)c2ccc(-c3ccc(N(c4ccccc4)c4ccc(-c5cc6ccccc6s5)cc4)cc3)cc2)C=CC(c2cc3ccccc3s2)=CC1. The molecule has 0 amide bonds. The summed E-state index contributed by atoms with van der Waals surface area (Å²) in [6.07, 6.45) is 8.02. The van der Waals surface area contributed by atoms with Crippen LogP contribution < -0.4 is 9.80 Å². The first kappa shape index (κ1) is 35.0. The van der Waals surface area contributed by atoms with Crippen LogP contribution in [-0.2, 0) is 0 Å². The Kier molecular flexibility index (Phi) is 9.14. The number of rotatable bonds is 9. The summed E-state index contributed by atoms with van der Waals surface area (Å²) in [5.74, 6) is 0. The average molecular weight is 769 g/mol. The summed E-state index contributed by atoms with van der Waals surface area (Å²) in [6.45, 7) is 2.34. The van der Waals surface area contributed by atoms with Crippen molar-refractivity contribution in [2.75, 3.05) is 9.80 Å². The molecule has 2 nitrogen and oxygen atoms in total. The van der Waals surface area contributed by atoms with E-state index in [1.54, 1.807) is 0 Å². The van der Waals surface area contributed by atoms with Crippen molar-refractivity contribution in [1.82, 2.24) is 0 Å². The second kappa shape index (κ2) is 14.9.